The molecule has 1 heteroatoms. The van der Waals surface area contributed by atoms with Gasteiger partial charge < -0.3 is 5.11 Å². The summed E-state index contributed by atoms with van der Waals surface area (Å²) in [5, 5.41) is 10.8. The lowest BCUT2D eigenvalue weighted by atomic mass is 9.53. The van der Waals surface area contributed by atoms with Crippen LogP contribution in [0.2, 0.25) is 0 Å². The van der Waals surface area contributed by atoms with Crippen LogP contribution in [0.1, 0.15) is 63.0 Å². The molecular weight excluding hydrogens is 244 g/mol. The average molecular weight is 270 g/mol. The van der Waals surface area contributed by atoms with Gasteiger partial charge in [0.2, 0.25) is 0 Å². The molecule has 5 atom stereocenters. The van der Waals surface area contributed by atoms with Crippen LogP contribution in [0.3, 0.4) is 0 Å². The topological polar surface area (TPSA) is 20.2 Å². The first-order valence-electron chi connectivity index (χ1n) is 8.33. The van der Waals surface area contributed by atoms with Gasteiger partial charge in [-0.15, -0.1) is 0 Å². The predicted octanol–water partition coefficient (Wildman–Crippen LogP) is 4.29. The van der Waals surface area contributed by atoms with Crippen molar-refractivity contribution in [3.8, 4) is 0 Å². The average Bonchev–Trinajstić information content (AvgIpc) is 2.69. The second kappa shape index (κ2) is 4.10. The molecule has 1 aromatic rings. The summed E-state index contributed by atoms with van der Waals surface area (Å²) in [4.78, 5) is 0. The molecule has 3 aliphatic rings. The monoisotopic (exact) mass is 270 g/mol. The maximum absolute atomic E-state index is 10.8. The SMILES string of the molecule is CC12CCC3c4ccccc4CCC3C1CC[C@]2(C)O. The summed E-state index contributed by atoms with van der Waals surface area (Å²) in [5.74, 6) is 2.29. The molecule has 1 N–H and O–H groups in total. The molecule has 4 unspecified atom stereocenters. The van der Waals surface area contributed by atoms with Crippen molar-refractivity contribution >= 4 is 0 Å². The van der Waals surface area contributed by atoms with Gasteiger partial charge in [0.25, 0.3) is 0 Å². The summed E-state index contributed by atoms with van der Waals surface area (Å²) in [6.07, 6.45) is 7.26. The van der Waals surface area contributed by atoms with Crippen LogP contribution in [0.4, 0.5) is 0 Å². The fraction of sp³-hybridized carbons (Fsp3) is 0.684. The lowest BCUT2D eigenvalue weighted by molar-refractivity contribution is -0.0901. The molecule has 0 saturated heterocycles. The second-order valence-corrected chi connectivity index (χ2v) is 7.88. The third-order valence-corrected chi connectivity index (χ3v) is 7.20. The van der Waals surface area contributed by atoms with E-state index in [1.807, 2.05) is 0 Å². The number of hydrogen-bond donors (Lipinski definition) is 1. The van der Waals surface area contributed by atoms with Crippen molar-refractivity contribution in [2.45, 2.75) is 63.9 Å². The van der Waals surface area contributed by atoms with Crippen molar-refractivity contribution in [2.24, 2.45) is 17.3 Å². The van der Waals surface area contributed by atoms with Crippen LogP contribution < -0.4 is 0 Å². The van der Waals surface area contributed by atoms with Crippen LogP contribution in [0.15, 0.2) is 24.3 Å². The number of benzene rings is 1. The Bertz CT molecular complexity index is 532. The minimum atomic E-state index is -0.445. The van der Waals surface area contributed by atoms with Gasteiger partial charge in [-0.25, -0.2) is 0 Å². The van der Waals surface area contributed by atoms with E-state index >= 15 is 0 Å². The summed E-state index contributed by atoms with van der Waals surface area (Å²) in [5.41, 5.74) is 2.92. The minimum Gasteiger partial charge on any atom is -0.390 e. The summed E-state index contributed by atoms with van der Waals surface area (Å²) < 4.78 is 0. The molecule has 1 nitrogen and oxygen atoms in total. The Morgan fingerprint density at radius 2 is 1.85 bits per heavy atom. The van der Waals surface area contributed by atoms with Gasteiger partial charge in [0.1, 0.15) is 0 Å². The zero-order chi connectivity index (χ0) is 14.0. The molecule has 108 valence electrons. The van der Waals surface area contributed by atoms with Crippen LogP contribution in [-0.2, 0) is 6.42 Å². The number of aliphatic hydroxyl groups is 1. The van der Waals surface area contributed by atoms with E-state index in [0.717, 1.165) is 24.2 Å². The van der Waals surface area contributed by atoms with Gasteiger partial charge in [-0.3, -0.25) is 0 Å². The van der Waals surface area contributed by atoms with E-state index in [-0.39, 0.29) is 5.41 Å². The predicted molar refractivity (Wildman–Crippen MR) is 81.7 cm³/mol. The highest BCUT2D eigenvalue weighted by molar-refractivity contribution is 5.35. The molecule has 0 spiro atoms. The van der Waals surface area contributed by atoms with Gasteiger partial charge in [-0.1, -0.05) is 31.2 Å². The molecule has 0 bridgehead atoms. The van der Waals surface area contributed by atoms with Crippen LogP contribution in [-0.4, -0.2) is 10.7 Å². The molecule has 2 saturated carbocycles. The lowest BCUT2D eigenvalue weighted by Gasteiger charge is -2.52. The van der Waals surface area contributed by atoms with Crippen molar-refractivity contribution < 1.29 is 5.11 Å². The van der Waals surface area contributed by atoms with Crippen molar-refractivity contribution in [3.05, 3.63) is 35.4 Å². The van der Waals surface area contributed by atoms with Gasteiger partial charge in [0.15, 0.2) is 0 Å². The Balaban J connectivity index is 1.73. The van der Waals surface area contributed by atoms with Crippen molar-refractivity contribution in [1.29, 1.82) is 0 Å². The van der Waals surface area contributed by atoms with Crippen LogP contribution in [0, 0.1) is 17.3 Å². The molecule has 0 aromatic heterocycles. The van der Waals surface area contributed by atoms with Crippen molar-refractivity contribution in [1.82, 2.24) is 0 Å². The van der Waals surface area contributed by atoms with Crippen molar-refractivity contribution in [3.63, 3.8) is 0 Å². The normalized spacial score (nSPS) is 46.5. The first-order chi connectivity index (χ1) is 9.53. The highest BCUT2D eigenvalue weighted by Gasteiger charge is 2.59. The maximum Gasteiger partial charge on any atom is 0.0675 e. The summed E-state index contributed by atoms with van der Waals surface area (Å²) in [6.45, 7) is 4.45. The lowest BCUT2D eigenvalue weighted by Crippen LogP contribution is -2.49. The molecule has 4 rings (SSSR count). The molecule has 0 amide bonds. The largest absolute Gasteiger partial charge is 0.390 e. The molecule has 2 fully saturated rings. The van der Waals surface area contributed by atoms with Gasteiger partial charge in [0.05, 0.1) is 5.60 Å². The summed E-state index contributed by atoms with van der Waals surface area (Å²) in [7, 11) is 0. The third kappa shape index (κ3) is 1.53. The Labute approximate surface area is 122 Å². The Morgan fingerprint density at radius 3 is 2.70 bits per heavy atom. The van der Waals surface area contributed by atoms with E-state index in [2.05, 4.69) is 38.1 Å². The van der Waals surface area contributed by atoms with Gasteiger partial charge in [-0.05, 0) is 79.7 Å². The number of fused-ring (bicyclic) bond motifs is 5. The van der Waals surface area contributed by atoms with Gasteiger partial charge in [0, 0.05) is 0 Å². The number of hydrogen-bond acceptors (Lipinski definition) is 1. The fourth-order valence-corrected chi connectivity index (χ4v) is 5.77. The summed E-state index contributed by atoms with van der Waals surface area (Å²) in [6, 6.07) is 9.08. The molecular formula is C19H26O. The van der Waals surface area contributed by atoms with Gasteiger partial charge >= 0.3 is 0 Å². The standard InChI is InChI=1S/C19H26O/c1-18-11-9-15-14-6-4-3-5-13(14)7-8-16(15)17(18)10-12-19(18,2)20/h3-6,15-17,20H,7-12H2,1-2H3/t15?,16?,17?,18?,19-/m0/s1. The Kier molecular flexibility index (Phi) is 2.64. The Morgan fingerprint density at radius 1 is 1.05 bits per heavy atom. The van der Waals surface area contributed by atoms with Crippen LogP contribution in [0.25, 0.3) is 0 Å². The maximum atomic E-state index is 10.8. The van der Waals surface area contributed by atoms with Crippen LogP contribution in [0.5, 0.6) is 0 Å². The van der Waals surface area contributed by atoms with E-state index in [0.29, 0.717) is 0 Å². The summed E-state index contributed by atoms with van der Waals surface area (Å²) >= 11 is 0. The second-order valence-electron chi connectivity index (χ2n) is 7.88. The van der Waals surface area contributed by atoms with E-state index in [1.165, 1.54) is 32.1 Å². The molecule has 3 aliphatic carbocycles. The van der Waals surface area contributed by atoms with Crippen LogP contribution >= 0.6 is 0 Å². The molecule has 0 radical (unpaired) electrons. The Hall–Kier alpha value is -0.820. The van der Waals surface area contributed by atoms with Crippen molar-refractivity contribution in [2.75, 3.05) is 0 Å². The van der Waals surface area contributed by atoms with E-state index in [9.17, 15) is 5.11 Å². The number of rotatable bonds is 0. The van der Waals surface area contributed by atoms with E-state index in [1.54, 1.807) is 11.1 Å². The quantitative estimate of drug-likeness (QED) is 0.745. The number of aryl methyl sites for hydroxylation is 1. The highest BCUT2D eigenvalue weighted by Crippen LogP contribution is 2.64. The molecule has 0 aliphatic heterocycles. The molecule has 1 aromatic carbocycles. The fourth-order valence-electron chi connectivity index (χ4n) is 5.77. The zero-order valence-electron chi connectivity index (χ0n) is 12.7. The smallest absolute Gasteiger partial charge is 0.0675 e. The third-order valence-electron chi connectivity index (χ3n) is 7.20. The first-order valence-corrected chi connectivity index (χ1v) is 8.33. The van der Waals surface area contributed by atoms with E-state index < -0.39 is 5.60 Å². The first kappa shape index (κ1) is 12.9. The minimum absolute atomic E-state index is 0.153. The zero-order valence-corrected chi connectivity index (χ0v) is 12.7. The molecule has 20 heavy (non-hydrogen) atoms. The highest BCUT2D eigenvalue weighted by atomic mass is 16.3. The van der Waals surface area contributed by atoms with Gasteiger partial charge in [-0.2, -0.15) is 0 Å². The molecule has 0 heterocycles. The van der Waals surface area contributed by atoms with E-state index in [4.69, 9.17) is 0 Å².